The zero-order chi connectivity index (χ0) is 26.3. The third-order valence-electron chi connectivity index (χ3n) is 3.87. The van der Waals surface area contributed by atoms with Gasteiger partial charge in [-0.1, -0.05) is 0 Å². The number of hydrogen-bond donors (Lipinski definition) is 7. The van der Waals surface area contributed by atoms with Gasteiger partial charge in [0.15, 0.2) is 0 Å². The van der Waals surface area contributed by atoms with E-state index in [1.54, 1.807) is 4.98 Å². The third-order valence-corrected chi connectivity index (χ3v) is 7.68. The van der Waals surface area contributed by atoms with Gasteiger partial charge in [-0.25, -0.2) is 18.5 Å². The van der Waals surface area contributed by atoms with Crippen LogP contribution in [0.1, 0.15) is 11.7 Å². The number of nitrogens with zero attached hydrogens (tertiary/aromatic N) is 1. The van der Waals surface area contributed by atoms with E-state index in [9.17, 15) is 51.6 Å². The molecule has 0 aromatic carbocycles. The van der Waals surface area contributed by atoms with Crippen molar-refractivity contribution in [3.8, 4) is 0 Å². The Morgan fingerprint density at radius 3 is 2.15 bits per heavy atom. The number of nitrogens with one attached hydrogen (secondary N) is 1. The lowest BCUT2D eigenvalue weighted by Crippen LogP contribution is -2.38. The van der Waals surface area contributed by atoms with Crippen molar-refractivity contribution in [3.05, 3.63) is 32.6 Å². The highest BCUT2D eigenvalue weighted by molar-refractivity contribution is 7.66. The van der Waals surface area contributed by atoms with Crippen molar-refractivity contribution in [1.82, 2.24) is 9.55 Å². The first-order valence-electron chi connectivity index (χ1n) is 8.40. The number of halogens is 3. The van der Waals surface area contributed by atoms with Gasteiger partial charge in [0.25, 0.3) is 5.56 Å². The van der Waals surface area contributed by atoms with Gasteiger partial charge in [0, 0.05) is 6.20 Å². The van der Waals surface area contributed by atoms with Crippen LogP contribution in [0.15, 0.2) is 15.8 Å². The molecule has 2 heterocycles. The molecule has 1 saturated heterocycles. The largest absolute Gasteiger partial charge is 0.490 e. The summed E-state index contributed by atoms with van der Waals surface area (Å²) in [6.45, 7) is -3.05. The van der Waals surface area contributed by atoms with Crippen molar-refractivity contribution in [2.75, 3.05) is 6.61 Å². The van der Waals surface area contributed by atoms with Crippen molar-refractivity contribution < 1.29 is 74.5 Å². The van der Waals surface area contributed by atoms with Crippen LogP contribution in [0.4, 0.5) is 13.2 Å². The van der Waals surface area contributed by atoms with Gasteiger partial charge < -0.3 is 34.5 Å². The molecular formula is C11H16F3N2O15P3. The zero-order valence-corrected chi connectivity index (χ0v) is 18.8. The molecule has 1 fully saturated rings. The summed E-state index contributed by atoms with van der Waals surface area (Å²) in [5.41, 5.74) is -3.47. The number of aliphatic hydroxyl groups excluding tert-OH is 2. The van der Waals surface area contributed by atoms with E-state index in [1.165, 1.54) is 0 Å². The number of rotatable bonds is 9. The minimum Gasteiger partial charge on any atom is -0.387 e. The predicted molar refractivity (Wildman–Crippen MR) is 96.8 cm³/mol. The number of phosphoric ester groups is 1. The molecule has 7 N–H and O–H groups in total. The number of aliphatic hydroxyl groups is 2. The van der Waals surface area contributed by atoms with Crippen LogP contribution in [-0.4, -0.2) is 70.4 Å². The number of aromatic nitrogens is 2. The second-order valence-electron chi connectivity index (χ2n) is 6.55. The highest BCUT2D eigenvalue weighted by Crippen LogP contribution is 2.66. The molecule has 0 spiro atoms. The van der Waals surface area contributed by atoms with E-state index in [1.807, 2.05) is 0 Å². The Labute approximate surface area is 184 Å². The van der Waals surface area contributed by atoms with Gasteiger partial charge in [-0.15, -0.1) is 0 Å². The van der Waals surface area contributed by atoms with Gasteiger partial charge in [0.2, 0.25) is 0 Å². The molecule has 34 heavy (non-hydrogen) atoms. The summed E-state index contributed by atoms with van der Waals surface area (Å²) in [6.07, 6.45) is -12.2. The Balaban J connectivity index is 2.17. The van der Waals surface area contributed by atoms with Gasteiger partial charge in [0.05, 0.1) is 12.2 Å². The van der Waals surface area contributed by atoms with Crippen LogP contribution in [0.3, 0.4) is 0 Å². The molecule has 0 amide bonds. The van der Waals surface area contributed by atoms with E-state index in [4.69, 9.17) is 19.4 Å². The second kappa shape index (κ2) is 10.0. The van der Waals surface area contributed by atoms with E-state index in [0.29, 0.717) is 6.20 Å². The minimum absolute atomic E-state index is 0.0403. The maximum Gasteiger partial charge on any atom is 0.490 e. The second-order valence-corrected chi connectivity index (χ2v) is 11.0. The lowest BCUT2D eigenvalue weighted by molar-refractivity contribution is -0.141. The SMILES string of the molecule is O=c1[nH]c(=O)n(CC(F)(F)F)cc1[C@@H]1O[C@H](COP(=O)(O)OP(=O)(O)OP(=O)(O)O)C(O)[C@@H]1O. The average Bonchev–Trinajstić information content (AvgIpc) is 2.86. The van der Waals surface area contributed by atoms with Crippen LogP contribution < -0.4 is 11.2 Å². The highest BCUT2D eigenvalue weighted by atomic mass is 31.3. The summed E-state index contributed by atoms with van der Waals surface area (Å²) < 4.78 is 87.7. The first-order valence-corrected chi connectivity index (χ1v) is 12.9. The van der Waals surface area contributed by atoms with Crippen LogP contribution in [0.2, 0.25) is 0 Å². The zero-order valence-electron chi connectivity index (χ0n) is 16.1. The molecule has 23 heteroatoms. The molecule has 1 aliphatic heterocycles. The topological polar surface area (TPSA) is 264 Å². The summed E-state index contributed by atoms with van der Waals surface area (Å²) in [7, 11) is -17.1. The Morgan fingerprint density at radius 1 is 1.03 bits per heavy atom. The van der Waals surface area contributed by atoms with E-state index >= 15 is 0 Å². The standard InChI is InChI=1S/C11H16F3N2O15P3/c12-11(13,14)3-16-1-4(9(19)15-10(16)20)8-7(18)6(17)5(29-8)2-28-33(24,25)31-34(26,27)30-32(21,22)23/h1,5-8,17-18H,2-3H2,(H,24,25)(H,26,27)(H,15,19,20)(H2,21,22,23)/t5-,6?,7+,8+/m1/s1. The van der Waals surface area contributed by atoms with Crippen LogP contribution >= 0.6 is 23.5 Å². The number of alkyl halides is 3. The van der Waals surface area contributed by atoms with Crippen molar-refractivity contribution >= 4 is 23.5 Å². The van der Waals surface area contributed by atoms with E-state index in [-0.39, 0.29) is 4.57 Å². The molecule has 17 nitrogen and oxygen atoms in total. The summed E-state index contributed by atoms with van der Waals surface area (Å²) in [4.78, 5) is 60.5. The first-order chi connectivity index (χ1) is 15.2. The van der Waals surface area contributed by atoms with Gasteiger partial charge in [-0.3, -0.25) is 18.9 Å². The third kappa shape index (κ3) is 8.17. The summed E-state index contributed by atoms with van der Waals surface area (Å²) >= 11 is 0. The number of H-pyrrole nitrogens is 1. The van der Waals surface area contributed by atoms with Crippen molar-refractivity contribution in [3.63, 3.8) is 0 Å². The predicted octanol–water partition coefficient (Wildman–Crippen LogP) is -1.40. The number of ether oxygens (including phenoxy) is 1. The molecule has 1 aromatic rings. The van der Waals surface area contributed by atoms with Crippen molar-refractivity contribution in [2.24, 2.45) is 0 Å². The van der Waals surface area contributed by atoms with Crippen LogP contribution in [0.5, 0.6) is 0 Å². The van der Waals surface area contributed by atoms with Crippen LogP contribution in [-0.2, 0) is 38.1 Å². The fraction of sp³-hybridized carbons (Fsp3) is 0.636. The molecular weight excluding hydrogens is 550 g/mol. The lowest BCUT2D eigenvalue weighted by atomic mass is 10.0. The Hall–Kier alpha value is -1.24. The molecule has 3 unspecified atom stereocenters. The van der Waals surface area contributed by atoms with Crippen molar-refractivity contribution in [1.29, 1.82) is 0 Å². The van der Waals surface area contributed by atoms with Gasteiger partial charge >= 0.3 is 35.3 Å². The Bertz CT molecular complexity index is 1160. The molecule has 2 rings (SSSR count). The highest BCUT2D eigenvalue weighted by Gasteiger charge is 2.47. The van der Waals surface area contributed by atoms with Crippen molar-refractivity contribution in [2.45, 2.75) is 37.1 Å². The van der Waals surface area contributed by atoms with Crippen LogP contribution in [0.25, 0.3) is 0 Å². The molecule has 1 aromatic heterocycles. The van der Waals surface area contributed by atoms with Gasteiger partial charge in [-0.2, -0.15) is 21.8 Å². The number of aromatic amines is 1. The Morgan fingerprint density at radius 2 is 1.62 bits per heavy atom. The Kier molecular flexibility index (Phi) is 8.55. The maximum absolute atomic E-state index is 12.6. The average molecular weight is 566 g/mol. The number of hydrogen-bond acceptors (Lipinski definition) is 11. The van der Waals surface area contributed by atoms with Gasteiger partial charge in [-0.05, 0) is 0 Å². The fourth-order valence-electron chi connectivity index (χ4n) is 2.65. The van der Waals surface area contributed by atoms with E-state index in [0.717, 1.165) is 0 Å². The van der Waals surface area contributed by atoms with Crippen LogP contribution in [0, 0.1) is 0 Å². The fourth-order valence-corrected chi connectivity index (χ4v) is 5.68. The lowest BCUT2D eigenvalue weighted by Gasteiger charge is -2.19. The first kappa shape index (κ1) is 29.0. The summed E-state index contributed by atoms with van der Waals surface area (Å²) in [5, 5.41) is 20.1. The van der Waals surface area contributed by atoms with E-state index in [2.05, 4.69) is 13.1 Å². The molecule has 196 valence electrons. The van der Waals surface area contributed by atoms with Gasteiger partial charge in [0.1, 0.15) is 31.0 Å². The molecule has 0 bridgehead atoms. The smallest absolute Gasteiger partial charge is 0.387 e. The van der Waals surface area contributed by atoms with E-state index < -0.39 is 84.0 Å². The molecule has 0 saturated carbocycles. The monoisotopic (exact) mass is 566 g/mol. The maximum atomic E-state index is 12.6. The molecule has 0 aliphatic carbocycles. The summed E-state index contributed by atoms with van der Waals surface area (Å²) in [6, 6.07) is 0. The molecule has 6 atom stereocenters. The summed E-state index contributed by atoms with van der Waals surface area (Å²) in [5.74, 6) is 0. The minimum atomic E-state index is -5.84. The quantitative estimate of drug-likeness (QED) is 0.170. The normalized spacial score (nSPS) is 27.3. The molecule has 1 aliphatic rings. The molecule has 0 radical (unpaired) electrons. The number of phosphoric acid groups is 3.